The van der Waals surface area contributed by atoms with Crippen LogP contribution in [0.1, 0.15) is 40.9 Å². The predicted molar refractivity (Wildman–Crippen MR) is 186 cm³/mol. The van der Waals surface area contributed by atoms with Crippen molar-refractivity contribution in [2.45, 2.75) is 42.4 Å². The number of ether oxygens (including phenoxy) is 3. The zero-order valence-electron chi connectivity index (χ0n) is 27.0. The molecule has 5 aromatic rings. The van der Waals surface area contributed by atoms with Gasteiger partial charge in [-0.25, -0.2) is 13.2 Å². The zero-order chi connectivity index (χ0) is 34.0. The lowest BCUT2D eigenvalue weighted by Gasteiger charge is -2.30. The molecule has 2 aliphatic heterocycles. The summed E-state index contributed by atoms with van der Waals surface area (Å²) in [6.07, 6.45) is 6.27. The van der Waals surface area contributed by atoms with Crippen molar-refractivity contribution in [3.05, 3.63) is 102 Å². The van der Waals surface area contributed by atoms with Gasteiger partial charge in [-0.2, -0.15) is 0 Å². The maximum atomic E-state index is 14.1. The molecule has 0 atom stereocenters. The monoisotopic (exact) mass is 680 g/mol. The van der Waals surface area contributed by atoms with Gasteiger partial charge in [-0.3, -0.25) is 9.97 Å². The number of nitrogens with zero attached hydrogens (tertiary/aromatic N) is 3. The van der Waals surface area contributed by atoms with Gasteiger partial charge in [0.2, 0.25) is 0 Å². The highest BCUT2D eigenvalue weighted by Crippen LogP contribution is 2.39. The second-order valence-electron chi connectivity index (χ2n) is 12.1. The molecular formula is C37H36N4O7S. The summed E-state index contributed by atoms with van der Waals surface area (Å²) >= 11 is 0. The highest BCUT2D eigenvalue weighted by Gasteiger charge is 2.25. The summed E-state index contributed by atoms with van der Waals surface area (Å²) in [4.78, 5) is 23.6. The van der Waals surface area contributed by atoms with Crippen molar-refractivity contribution in [3.8, 4) is 11.5 Å². The number of pyridine rings is 2. The van der Waals surface area contributed by atoms with Crippen LogP contribution in [0, 0.1) is 0 Å². The van der Waals surface area contributed by atoms with Crippen molar-refractivity contribution in [1.29, 1.82) is 0 Å². The lowest BCUT2D eigenvalue weighted by Crippen LogP contribution is -2.26. The number of rotatable bonds is 10. The molecule has 49 heavy (non-hydrogen) atoms. The Kier molecular flexibility index (Phi) is 9.07. The summed E-state index contributed by atoms with van der Waals surface area (Å²) in [6, 6.07) is 21.2. The van der Waals surface area contributed by atoms with E-state index in [4.69, 9.17) is 14.2 Å². The number of carboxylic acids is 1. The molecule has 0 radical (unpaired) electrons. The van der Waals surface area contributed by atoms with E-state index >= 15 is 0 Å². The lowest BCUT2D eigenvalue weighted by atomic mass is 10.1. The Labute approximate surface area is 284 Å². The lowest BCUT2D eigenvalue weighted by molar-refractivity contribution is 0.0255. The van der Waals surface area contributed by atoms with Gasteiger partial charge in [0.1, 0.15) is 22.5 Å². The third kappa shape index (κ3) is 7.01. The first-order valence-electron chi connectivity index (χ1n) is 16.2. The van der Waals surface area contributed by atoms with Gasteiger partial charge in [-0.05, 0) is 73.0 Å². The number of carboxylic acid groups (broad SMARTS) is 1. The molecule has 1 saturated heterocycles. The zero-order valence-corrected chi connectivity index (χ0v) is 27.8. The average Bonchev–Trinajstić information content (AvgIpc) is 3.11. The Balaban J connectivity index is 1.32. The first-order chi connectivity index (χ1) is 23.8. The standard InChI is InChI=1S/C37H36N4O7S/c1-46-28-9-6-24(7-10-28)23-49(44,45)35-22-39-33-21-27(41-15-3-4-32-34(41)5-2-14-38-32)8-11-31(33)36(35)40-26-18-25(37(42)43)19-30(20-26)48-29-12-16-47-17-13-29/h2,5-11,14,18-22,29H,3-4,12-13,15-17,23H2,1H3,(H,39,40)(H,42,43). The fraction of sp³-hybridized carbons (Fsp3) is 0.270. The fourth-order valence-electron chi connectivity index (χ4n) is 6.37. The van der Waals surface area contributed by atoms with Gasteiger partial charge in [0.25, 0.3) is 0 Å². The summed E-state index contributed by atoms with van der Waals surface area (Å²) in [7, 11) is -2.40. The number of aromatic carboxylic acids is 1. The Morgan fingerprint density at radius 2 is 1.84 bits per heavy atom. The quantitative estimate of drug-likeness (QED) is 0.163. The van der Waals surface area contributed by atoms with E-state index in [0.717, 1.165) is 36.5 Å². The van der Waals surface area contributed by atoms with Crippen molar-refractivity contribution in [1.82, 2.24) is 9.97 Å². The normalized spacial score (nSPS) is 15.1. The number of hydrogen-bond acceptors (Lipinski definition) is 10. The van der Waals surface area contributed by atoms with Crippen molar-refractivity contribution in [3.63, 3.8) is 0 Å². The van der Waals surface area contributed by atoms with Crippen LogP contribution in [-0.4, -0.2) is 62.4 Å². The molecule has 0 saturated carbocycles. The molecule has 2 aromatic heterocycles. The fourth-order valence-corrected chi connectivity index (χ4v) is 7.84. The number of anilines is 4. The van der Waals surface area contributed by atoms with E-state index in [9.17, 15) is 18.3 Å². The highest BCUT2D eigenvalue weighted by molar-refractivity contribution is 7.90. The highest BCUT2D eigenvalue weighted by atomic mass is 32.2. The molecule has 3 aromatic carbocycles. The number of carbonyl (C=O) groups is 1. The van der Waals surface area contributed by atoms with Crippen molar-refractivity contribution in [2.24, 2.45) is 0 Å². The molecule has 7 rings (SSSR count). The van der Waals surface area contributed by atoms with Gasteiger partial charge in [-0.15, -0.1) is 0 Å². The summed E-state index contributed by atoms with van der Waals surface area (Å²) in [5.41, 5.74) is 4.81. The van der Waals surface area contributed by atoms with Gasteiger partial charge >= 0.3 is 5.97 Å². The summed E-state index contributed by atoms with van der Waals surface area (Å²) in [6.45, 7) is 1.93. The van der Waals surface area contributed by atoms with Gasteiger partial charge in [0.15, 0.2) is 9.84 Å². The minimum atomic E-state index is -3.95. The number of sulfone groups is 1. The Hall–Kier alpha value is -5.20. The molecule has 1 fully saturated rings. The van der Waals surface area contributed by atoms with Crippen LogP contribution in [0.2, 0.25) is 0 Å². The van der Waals surface area contributed by atoms with E-state index in [1.807, 2.05) is 24.3 Å². The summed E-state index contributed by atoms with van der Waals surface area (Å²) in [5, 5.41) is 13.8. The van der Waals surface area contributed by atoms with Gasteiger partial charge in [0, 0.05) is 54.6 Å². The van der Waals surface area contributed by atoms with Crippen LogP contribution in [0.25, 0.3) is 10.9 Å². The predicted octanol–water partition coefficient (Wildman–Crippen LogP) is 6.70. The van der Waals surface area contributed by atoms with E-state index in [1.54, 1.807) is 43.6 Å². The number of benzene rings is 3. The number of methoxy groups -OCH3 is 1. The Morgan fingerprint density at radius 3 is 2.61 bits per heavy atom. The van der Waals surface area contributed by atoms with Crippen molar-refractivity contribution >= 4 is 49.5 Å². The molecule has 4 heterocycles. The number of aromatic nitrogens is 2. The van der Waals surface area contributed by atoms with E-state index in [0.29, 0.717) is 65.4 Å². The Bertz CT molecular complexity index is 2120. The van der Waals surface area contributed by atoms with E-state index in [-0.39, 0.29) is 22.3 Å². The molecule has 0 bridgehead atoms. The van der Waals surface area contributed by atoms with Crippen LogP contribution < -0.4 is 19.7 Å². The van der Waals surface area contributed by atoms with Crippen LogP contribution in [-0.2, 0) is 26.7 Å². The summed E-state index contributed by atoms with van der Waals surface area (Å²) < 4.78 is 45.1. The molecule has 0 aliphatic carbocycles. The topological polar surface area (TPSA) is 140 Å². The molecule has 2 aliphatic rings. The van der Waals surface area contributed by atoms with Crippen LogP contribution in [0.15, 0.2) is 90.1 Å². The van der Waals surface area contributed by atoms with Crippen LogP contribution >= 0.6 is 0 Å². The second kappa shape index (κ2) is 13.7. The minimum absolute atomic E-state index is 0.00715. The van der Waals surface area contributed by atoms with Crippen molar-refractivity contribution < 1.29 is 32.5 Å². The van der Waals surface area contributed by atoms with Gasteiger partial charge < -0.3 is 29.5 Å². The van der Waals surface area contributed by atoms with Crippen LogP contribution in [0.4, 0.5) is 22.7 Å². The third-order valence-corrected chi connectivity index (χ3v) is 10.5. The average molecular weight is 681 g/mol. The van der Waals surface area contributed by atoms with Gasteiger partial charge in [-0.1, -0.05) is 12.1 Å². The SMILES string of the molecule is COc1ccc(CS(=O)(=O)c2cnc3cc(N4CCCc5ncccc54)ccc3c2Nc2cc(OC3CCOCC3)cc(C(=O)O)c2)cc1. The molecule has 2 N–H and O–H groups in total. The van der Waals surface area contributed by atoms with Gasteiger partial charge in [0.05, 0.1) is 54.2 Å². The molecule has 0 amide bonds. The maximum absolute atomic E-state index is 14.1. The largest absolute Gasteiger partial charge is 0.497 e. The first kappa shape index (κ1) is 32.4. The minimum Gasteiger partial charge on any atom is -0.497 e. The number of hydrogen-bond donors (Lipinski definition) is 2. The smallest absolute Gasteiger partial charge is 0.335 e. The third-order valence-electron chi connectivity index (χ3n) is 8.83. The molecular weight excluding hydrogens is 644 g/mol. The van der Waals surface area contributed by atoms with Crippen LogP contribution in [0.3, 0.4) is 0 Å². The van der Waals surface area contributed by atoms with E-state index < -0.39 is 15.8 Å². The first-order valence-corrected chi connectivity index (χ1v) is 17.8. The van der Waals surface area contributed by atoms with E-state index in [1.165, 1.54) is 18.3 Å². The molecule has 0 spiro atoms. The molecule has 11 nitrogen and oxygen atoms in total. The van der Waals surface area contributed by atoms with Crippen molar-refractivity contribution in [2.75, 3.05) is 37.1 Å². The number of nitrogens with one attached hydrogen (secondary N) is 1. The maximum Gasteiger partial charge on any atom is 0.335 e. The molecule has 0 unspecified atom stereocenters. The Morgan fingerprint density at radius 1 is 1.02 bits per heavy atom. The second-order valence-corrected chi connectivity index (χ2v) is 14.1. The number of aryl methyl sites for hydroxylation is 1. The molecule has 12 heteroatoms. The van der Waals surface area contributed by atoms with E-state index in [2.05, 4.69) is 26.3 Å². The molecule has 252 valence electrons. The summed E-state index contributed by atoms with van der Waals surface area (Å²) in [5.74, 6) is -0.416. The van der Waals surface area contributed by atoms with Crippen LogP contribution in [0.5, 0.6) is 11.5 Å². The number of fused-ring (bicyclic) bond motifs is 2.